The van der Waals surface area contributed by atoms with Gasteiger partial charge in [-0.05, 0) is 54.1 Å². The summed E-state index contributed by atoms with van der Waals surface area (Å²) in [6.07, 6.45) is 2.04. The maximum atomic E-state index is 12.9. The Morgan fingerprint density at radius 1 is 1.16 bits per heavy atom. The van der Waals surface area contributed by atoms with Crippen molar-refractivity contribution in [3.8, 4) is 11.5 Å². The van der Waals surface area contributed by atoms with Crippen LogP contribution in [0.15, 0.2) is 76.4 Å². The number of rotatable bonds is 7. The summed E-state index contributed by atoms with van der Waals surface area (Å²) in [5.74, 6) is 1.35. The van der Waals surface area contributed by atoms with Crippen molar-refractivity contribution in [3.63, 3.8) is 0 Å². The number of carbonyl (C=O) groups excluding carboxylic acids is 1. The molecule has 9 heteroatoms. The van der Waals surface area contributed by atoms with Gasteiger partial charge in [0.1, 0.15) is 23.3 Å². The first-order valence-corrected chi connectivity index (χ1v) is 9.50. The Morgan fingerprint density at radius 3 is 2.48 bits per heavy atom. The number of hydrazone groups is 1. The molecule has 0 saturated carbocycles. The van der Waals surface area contributed by atoms with E-state index in [4.69, 9.17) is 13.9 Å². The molecule has 1 aromatic heterocycles. The number of amides is 1. The van der Waals surface area contributed by atoms with Crippen LogP contribution in [0.25, 0.3) is 0 Å². The molecule has 158 valence electrons. The summed E-state index contributed by atoms with van der Waals surface area (Å²) < 4.78 is 16.2. The molecule has 1 aliphatic rings. The fourth-order valence-electron chi connectivity index (χ4n) is 3.28. The van der Waals surface area contributed by atoms with Crippen LogP contribution < -0.4 is 9.47 Å². The van der Waals surface area contributed by atoms with Crippen LogP contribution in [0, 0.1) is 10.1 Å². The smallest absolute Gasteiger partial charge is 0.281 e. The molecule has 9 nitrogen and oxygen atoms in total. The summed E-state index contributed by atoms with van der Waals surface area (Å²) in [7, 11) is 1.60. The summed E-state index contributed by atoms with van der Waals surface area (Å²) in [6, 6.07) is 16.2. The number of non-ortho nitro benzene ring substituents is 1. The van der Waals surface area contributed by atoms with Gasteiger partial charge in [0.25, 0.3) is 11.6 Å². The van der Waals surface area contributed by atoms with E-state index in [0.717, 1.165) is 17.0 Å². The standard InChI is InChI=1S/C22H19N3O6/c1-29-17-8-4-15(5-9-17)19-13-20(21-3-2-12-30-21)24(23-19)22(26)14-31-18-10-6-16(7-11-18)25(27)28/h2-12,20H,13-14H2,1H3. The van der Waals surface area contributed by atoms with Crippen LogP contribution in [-0.4, -0.2) is 35.3 Å². The van der Waals surface area contributed by atoms with Crippen molar-refractivity contribution in [2.24, 2.45) is 5.10 Å². The first-order chi connectivity index (χ1) is 15.0. The first kappa shape index (κ1) is 20.1. The van der Waals surface area contributed by atoms with Crippen molar-refractivity contribution in [1.82, 2.24) is 5.01 Å². The van der Waals surface area contributed by atoms with Crippen LogP contribution in [0.1, 0.15) is 23.8 Å². The molecular weight excluding hydrogens is 402 g/mol. The summed E-state index contributed by atoms with van der Waals surface area (Å²) in [4.78, 5) is 23.2. The van der Waals surface area contributed by atoms with E-state index in [1.807, 2.05) is 24.3 Å². The average Bonchev–Trinajstić information content (AvgIpc) is 3.48. The number of carbonyl (C=O) groups is 1. The SMILES string of the molecule is COc1ccc(C2=NN(C(=O)COc3ccc([N+](=O)[O-])cc3)C(c3ccco3)C2)cc1. The number of nitro benzene ring substituents is 1. The van der Waals surface area contributed by atoms with Crippen LogP contribution in [0.3, 0.4) is 0 Å². The average molecular weight is 421 g/mol. The maximum absolute atomic E-state index is 12.9. The summed E-state index contributed by atoms with van der Waals surface area (Å²) in [5.41, 5.74) is 1.57. The molecule has 0 spiro atoms. The van der Waals surface area contributed by atoms with E-state index in [0.29, 0.717) is 17.9 Å². The molecular formula is C22H19N3O6. The molecule has 1 atom stereocenters. The molecule has 1 unspecified atom stereocenters. The highest BCUT2D eigenvalue weighted by Gasteiger charge is 2.35. The molecule has 31 heavy (non-hydrogen) atoms. The highest BCUT2D eigenvalue weighted by atomic mass is 16.6. The van der Waals surface area contributed by atoms with Crippen LogP contribution in [0.4, 0.5) is 5.69 Å². The Balaban J connectivity index is 1.51. The van der Waals surface area contributed by atoms with Gasteiger partial charge in [-0.15, -0.1) is 0 Å². The second-order valence-corrected chi connectivity index (χ2v) is 6.79. The van der Waals surface area contributed by atoms with Crippen LogP contribution in [0.5, 0.6) is 11.5 Å². The molecule has 3 aromatic rings. The third kappa shape index (κ3) is 4.40. The Labute approximate surface area is 177 Å². The van der Waals surface area contributed by atoms with Crippen molar-refractivity contribution in [2.75, 3.05) is 13.7 Å². The first-order valence-electron chi connectivity index (χ1n) is 9.50. The van der Waals surface area contributed by atoms with Crippen molar-refractivity contribution < 1.29 is 23.6 Å². The Morgan fingerprint density at radius 2 is 1.87 bits per heavy atom. The van der Waals surface area contributed by atoms with Crippen LogP contribution >= 0.6 is 0 Å². The highest BCUT2D eigenvalue weighted by molar-refractivity contribution is 6.03. The van der Waals surface area contributed by atoms with Crippen LogP contribution in [-0.2, 0) is 4.79 Å². The van der Waals surface area contributed by atoms with Gasteiger partial charge in [0.2, 0.25) is 0 Å². The summed E-state index contributed by atoms with van der Waals surface area (Å²) in [6.45, 7) is -0.269. The second kappa shape index (κ2) is 8.70. The third-order valence-electron chi connectivity index (χ3n) is 4.87. The monoisotopic (exact) mass is 421 g/mol. The third-order valence-corrected chi connectivity index (χ3v) is 4.87. The van der Waals surface area contributed by atoms with Crippen LogP contribution in [0.2, 0.25) is 0 Å². The van der Waals surface area contributed by atoms with Gasteiger partial charge in [0.05, 0.1) is 24.0 Å². The van der Waals surface area contributed by atoms with E-state index in [-0.39, 0.29) is 24.2 Å². The molecule has 0 saturated heterocycles. The van der Waals surface area contributed by atoms with Crippen molar-refractivity contribution in [1.29, 1.82) is 0 Å². The fourth-order valence-corrected chi connectivity index (χ4v) is 3.28. The predicted octanol–water partition coefficient (Wildman–Crippen LogP) is 3.95. The Bertz CT molecular complexity index is 1090. The number of nitrogens with zero attached hydrogens (tertiary/aromatic N) is 3. The van der Waals surface area contributed by atoms with E-state index in [2.05, 4.69) is 5.10 Å². The van der Waals surface area contributed by atoms with Gasteiger partial charge >= 0.3 is 0 Å². The zero-order chi connectivity index (χ0) is 21.8. The lowest BCUT2D eigenvalue weighted by Gasteiger charge is -2.19. The van der Waals surface area contributed by atoms with E-state index in [9.17, 15) is 14.9 Å². The number of methoxy groups -OCH3 is 1. The minimum absolute atomic E-state index is 0.0511. The minimum Gasteiger partial charge on any atom is -0.497 e. The normalized spacial score (nSPS) is 15.5. The zero-order valence-corrected chi connectivity index (χ0v) is 16.6. The van der Waals surface area contributed by atoms with E-state index in [1.165, 1.54) is 29.3 Å². The number of hydrogen-bond donors (Lipinski definition) is 0. The largest absolute Gasteiger partial charge is 0.497 e. The molecule has 4 rings (SSSR count). The molecule has 0 fully saturated rings. The second-order valence-electron chi connectivity index (χ2n) is 6.79. The molecule has 0 radical (unpaired) electrons. The molecule has 0 aliphatic carbocycles. The van der Waals surface area contributed by atoms with Gasteiger partial charge in [0.15, 0.2) is 6.61 Å². The lowest BCUT2D eigenvalue weighted by molar-refractivity contribution is -0.384. The Hall–Kier alpha value is -4.14. The van der Waals surface area contributed by atoms with Gasteiger partial charge in [-0.1, -0.05) is 0 Å². The summed E-state index contributed by atoms with van der Waals surface area (Å²) >= 11 is 0. The number of benzene rings is 2. The van der Waals surface area contributed by atoms with Crippen molar-refractivity contribution in [3.05, 3.63) is 88.4 Å². The minimum atomic E-state index is -0.497. The number of nitro groups is 1. The molecule has 0 N–H and O–H groups in total. The summed E-state index contributed by atoms with van der Waals surface area (Å²) in [5, 5.41) is 16.7. The zero-order valence-electron chi connectivity index (χ0n) is 16.6. The predicted molar refractivity (Wildman–Crippen MR) is 111 cm³/mol. The molecule has 2 heterocycles. The molecule has 2 aromatic carbocycles. The fraction of sp³-hybridized carbons (Fsp3) is 0.182. The number of furan rings is 1. The molecule has 1 amide bonds. The van der Waals surface area contributed by atoms with Crippen molar-refractivity contribution in [2.45, 2.75) is 12.5 Å². The van der Waals surface area contributed by atoms with Gasteiger partial charge < -0.3 is 13.9 Å². The lowest BCUT2D eigenvalue weighted by atomic mass is 10.0. The van der Waals surface area contributed by atoms with Crippen molar-refractivity contribution >= 4 is 17.3 Å². The lowest BCUT2D eigenvalue weighted by Crippen LogP contribution is -2.31. The number of hydrogen-bond acceptors (Lipinski definition) is 7. The van der Waals surface area contributed by atoms with Gasteiger partial charge in [-0.3, -0.25) is 14.9 Å². The molecule has 1 aliphatic heterocycles. The highest BCUT2D eigenvalue weighted by Crippen LogP contribution is 2.33. The van der Waals surface area contributed by atoms with E-state index >= 15 is 0 Å². The molecule has 0 bridgehead atoms. The van der Waals surface area contributed by atoms with E-state index in [1.54, 1.807) is 25.5 Å². The topological polar surface area (TPSA) is 107 Å². The Kier molecular flexibility index (Phi) is 5.65. The van der Waals surface area contributed by atoms with E-state index < -0.39 is 4.92 Å². The quantitative estimate of drug-likeness (QED) is 0.422. The van der Waals surface area contributed by atoms with Gasteiger partial charge in [-0.25, -0.2) is 5.01 Å². The maximum Gasteiger partial charge on any atom is 0.281 e. The van der Waals surface area contributed by atoms with Gasteiger partial charge in [-0.2, -0.15) is 5.10 Å². The van der Waals surface area contributed by atoms with Gasteiger partial charge in [0, 0.05) is 18.6 Å². The number of ether oxygens (including phenoxy) is 2.